The molecule has 0 aliphatic rings. The van der Waals surface area contributed by atoms with Gasteiger partial charge in [0.25, 0.3) is 0 Å². The maximum absolute atomic E-state index is 8.58. The summed E-state index contributed by atoms with van der Waals surface area (Å²) in [5, 5.41) is 8.58. The zero-order valence-corrected chi connectivity index (χ0v) is 9.85. The molecule has 0 fully saturated rings. The third kappa shape index (κ3) is 5.19. The van der Waals surface area contributed by atoms with E-state index < -0.39 is 0 Å². The Bertz CT molecular complexity index is 275. The van der Waals surface area contributed by atoms with Gasteiger partial charge in [0, 0.05) is 32.0 Å². The van der Waals surface area contributed by atoms with Crippen LogP contribution >= 0.6 is 0 Å². The van der Waals surface area contributed by atoms with E-state index in [1.165, 1.54) is 0 Å². The van der Waals surface area contributed by atoms with Gasteiger partial charge in [-0.25, -0.2) is 9.97 Å². The predicted molar refractivity (Wildman–Crippen MR) is 62.3 cm³/mol. The van der Waals surface area contributed by atoms with Crippen molar-refractivity contribution in [2.45, 2.75) is 32.6 Å². The summed E-state index contributed by atoms with van der Waals surface area (Å²) >= 11 is 0. The van der Waals surface area contributed by atoms with Gasteiger partial charge in [-0.05, 0) is 24.8 Å². The van der Waals surface area contributed by atoms with Gasteiger partial charge in [0.2, 0.25) is 0 Å². The van der Waals surface area contributed by atoms with Gasteiger partial charge in [-0.15, -0.1) is 0 Å². The number of rotatable bonds is 8. The van der Waals surface area contributed by atoms with Crippen molar-refractivity contribution in [1.29, 1.82) is 0 Å². The fraction of sp³-hybridized carbons (Fsp3) is 0.667. The molecule has 0 saturated heterocycles. The Kier molecular flexibility index (Phi) is 6.69. The smallest absolute Gasteiger partial charge is 0.127 e. The molecule has 0 bridgehead atoms. The highest BCUT2D eigenvalue weighted by atomic mass is 16.5. The minimum atomic E-state index is 0.246. The minimum absolute atomic E-state index is 0.246. The zero-order chi connectivity index (χ0) is 11.6. The van der Waals surface area contributed by atoms with Crippen LogP contribution in [0.3, 0.4) is 0 Å². The van der Waals surface area contributed by atoms with Crippen LogP contribution in [0.15, 0.2) is 12.4 Å². The van der Waals surface area contributed by atoms with E-state index in [4.69, 9.17) is 9.84 Å². The Labute approximate surface area is 96.7 Å². The van der Waals surface area contributed by atoms with E-state index in [1.807, 2.05) is 19.3 Å². The normalized spacial score (nSPS) is 10.6. The Morgan fingerprint density at radius 2 is 1.94 bits per heavy atom. The average molecular weight is 224 g/mol. The van der Waals surface area contributed by atoms with E-state index in [0.29, 0.717) is 13.2 Å². The van der Waals surface area contributed by atoms with Crippen LogP contribution < -0.4 is 0 Å². The van der Waals surface area contributed by atoms with Gasteiger partial charge in [-0.1, -0.05) is 6.92 Å². The second kappa shape index (κ2) is 8.19. The fourth-order valence-electron chi connectivity index (χ4n) is 1.30. The third-order valence-corrected chi connectivity index (χ3v) is 2.31. The molecule has 0 amide bonds. The number of aliphatic hydroxyl groups is 1. The summed E-state index contributed by atoms with van der Waals surface area (Å²) in [4.78, 5) is 8.45. The van der Waals surface area contributed by atoms with E-state index in [0.717, 1.165) is 37.1 Å². The second-order valence-corrected chi connectivity index (χ2v) is 3.65. The van der Waals surface area contributed by atoms with Crippen LogP contribution in [0.1, 0.15) is 31.2 Å². The summed E-state index contributed by atoms with van der Waals surface area (Å²) in [6, 6.07) is 0. The third-order valence-electron chi connectivity index (χ3n) is 2.31. The number of aryl methyl sites for hydroxylation is 1. The Hall–Kier alpha value is -1.00. The van der Waals surface area contributed by atoms with Crippen molar-refractivity contribution < 1.29 is 9.84 Å². The molecule has 0 spiro atoms. The molecule has 1 heterocycles. The minimum Gasteiger partial charge on any atom is -0.396 e. The molecular formula is C12H20N2O2. The maximum atomic E-state index is 8.58. The van der Waals surface area contributed by atoms with Crippen molar-refractivity contribution in [2.24, 2.45) is 0 Å². The van der Waals surface area contributed by atoms with Crippen molar-refractivity contribution in [3.8, 4) is 0 Å². The largest absolute Gasteiger partial charge is 0.396 e. The van der Waals surface area contributed by atoms with E-state index >= 15 is 0 Å². The van der Waals surface area contributed by atoms with Crippen molar-refractivity contribution in [3.05, 3.63) is 23.8 Å². The molecule has 0 aromatic carbocycles. The van der Waals surface area contributed by atoms with Crippen LogP contribution in [-0.4, -0.2) is 34.9 Å². The quantitative estimate of drug-likeness (QED) is 0.678. The molecule has 16 heavy (non-hydrogen) atoms. The van der Waals surface area contributed by atoms with Gasteiger partial charge in [0.1, 0.15) is 5.82 Å². The number of ether oxygens (including phenoxy) is 1. The van der Waals surface area contributed by atoms with Crippen LogP contribution in [0.25, 0.3) is 0 Å². The summed E-state index contributed by atoms with van der Waals surface area (Å²) in [6.45, 7) is 3.70. The molecule has 1 aromatic heterocycles. The lowest BCUT2D eigenvalue weighted by Crippen LogP contribution is -2.02. The van der Waals surface area contributed by atoms with Gasteiger partial charge in [-0.2, -0.15) is 0 Å². The second-order valence-electron chi connectivity index (χ2n) is 3.65. The summed E-state index contributed by atoms with van der Waals surface area (Å²) in [5.74, 6) is 0.882. The molecule has 0 atom stereocenters. The molecular weight excluding hydrogens is 204 g/mol. The molecule has 0 saturated carbocycles. The Balaban J connectivity index is 2.12. The lowest BCUT2D eigenvalue weighted by Gasteiger charge is -2.03. The highest BCUT2D eigenvalue weighted by Gasteiger charge is 1.96. The van der Waals surface area contributed by atoms with Crippen LogP contribution in [-0.2, 0) is 17.6 Å². The number of nitrogens with zero attached hydrogens (tertiary/aromatic N) is 2. The molecule has 4 nitrogen and oxygen atoms in total. The SMILES string of the molecule is CCc1ncc(CCOCCCCO)cn1. The molecule has 1 rings (SSSR count). The highest BCUT2D eigenvalue weighted by Crippen LogP contribution is 1.99. The van der Waals surface area contributed by atoms with E-state index in [9.17, 15) is 0 Å². The standard InChI is InChI=1S/C12H20N2O2/c1-2-12-13-9-11(10-14-12)5-8-16-7-4-3-6-15/h9-10,15H,2-8H2,1H3. The molecule has 0 aliphatic heterocycles. The first-order valence-corrected chi connectivity index (χ1v) is 5.85. The van der Waals surface area contributed by atoms with Gasteiger partial charge in [-0.3, -0.25) is 0 Å². The first-order valence-electron chi connectivity index (χ1n) is 5.85. The van der Waals surface area contributed by atoms with E-state index in [1.54, 1.807) is 0 Å². The molecule has 0 aliphatic carbocycles. The monoisotopic (exact) mass is 224 g/mol. The highest BCUT2D eigenvalue weighted by molar-refractivity contribution is 5.05. The summed E-state index contributed by atoms with van der Waals surface area (Å²) in [7, 11) is 0. The first kappa shape index (κ1) is 13.1. The van der Waals surface area contributed by atoms with Crippen molar-refractivity contribution >= 4 is 0 Å². The van der Waals surface area contributed by atoms with Gasteiger partial charge < -0.3 is 9.84 Å². The van der Waals surface area contributed by atoms with Crippen LogP contribution in [0.5, 0.6) is 0 Å². The molecule has 90 valence electrons. The number of unbranched alkanes of at least 4 members (excludes halogenated alkanes) is 1. The molecule has 1 N–H and O–H groups in total. The molecule has 4 heteroatoms. The maximum Gasteiger partial charge on any atom is 0.127 e. The Morgan fingerprint density at radius 3 is 2.56 bits per heavy atom. The molecule has 0 radical (unpaired) electrons. The lowest BCUT2D eigenvalue weighted by atomic mass is 10.2. The van der Waals surface area contributed by atoms with Crippen LogP contribution in [0.4, 0.5) is 0 Å². The summed E-state index contributed by atoms with van der Waals surface area (Å²) in [5.41, 5.74) is 1.11. The number of hydrogen-bond donors (Lipinski definition) is 1. The number of aliphatic hydroxyl groups excluding tert-OH is 1. The van der Waals surface area contributed by atoms with Crippen molar-refractivity contribution in [1.82, 2.24) is 9.97 Å². The van der Waals surface area contributed by atoms with Crippen LogP contribution in [0, 0.1) is 0 Å². The predicted octanol–water partition coefficient (Wildman–Crippen LogP) is 1.37. The topological polar surface area (TPSA) is 55.2 Å². The fourth-order valence-corrected chi connectivity index (χ4v) is 1.30. The van der Waals surface area contributed by atoms with Gasteiger partial charge in [0.05, 0.1) is 6.61 Å². The molecule has 1 aromatic rings. The summed E-state index contributed by atoms with van der Waals surface area (Å²) in [6.07, 6.45) is 7.18. The lowest BCUT2D eigenvalue weighted by molar-refractivity contribution is 0.128. The van der Waals surface area contributed by atoms with Crippen molar-refractivity contribution in [3.63, 3.8) is 0 Å². The zero-order valence-electron chi connectivity index (χ0n) is 9.85. The van der Waals surface area contributed by atoms with Gasteiger partial charge in [0.15, 0.2) is 0 Å². The summed E-state index contributed by atoms with van der Waals surface area (Å²) < 4.78 is 5.43. The molecule has 0 unspecified atom stereocenters. The Morgan fingerprint density at radius 1 is 1.19 bits per heavy atom. The van der Waals surface area contributed by atoms with Crippen LogP contribution in [0.2, 0.25) is 0 Å². The van der Waals surface area contributed by atoms with E-state index in [2.05, 4.69) is 9.97 Å². The van der Waals surface area contributed by atoms with Gasteiger partial charge >= 0.3 is 0 Å². The van der Waals surface area contributed by atoms with Crippen molar-refractivity contribution in [2.75, 3.05) is 19.8 Å². The first-order chi connectivity index (χ1) is 7.86. The van der Waals surface area contributed by atoms with E-state index in [-0.39, 0.29) is 6.61 Å². The number of aromatic nitrogens is 2. The number of hydrogen-bond acceptors (Lipinski definition) is 4. The average Bonchev–Trinajstić information content (AvgIpc) is 2.34.